The van der Waals surface area contributed by atoms with E-state index in [4.69, 9.17) is 30.5 Å². The van der Waals surface area contributed by atoms with Crippen LogP contribution in [-0.2, 0) is 39.8 Å². The minimum Gasteiger partial charge on any atom is -0.508 e. The van der Waals surface area contributed by atoms with Gasteiger partial charge in [-0.3, -0.25) is 14.4 Å². The summed E-state index contributed by atoms with van der Waals surface area (Å²) in [4.78, 5) is 35.0. The zero-order chi connectivity index (χ0) is 24.8. The molecule has 0 saturated carbocycles. The largest absolute Gasteiger partial charge is 0.508 e. The van der Waals surface area contributed by atoms with E-state index in [0.717, 1.165) is 11.1 Å². The molecule has 8 nitrogen and oxygen atoms in total. The van der Waals surface area contributed by atoms with Gasteiger partial charge < -0.3 is 24.1 Å². The minimum absolute atomic E-state index is 0.0374. The number of hydrogen-bond donors (Lipinski definition) is 1. The quantitative estimate of drug-likeness (QED) is 0.460. The van der Waals surface area contributed by atoms with Crippen LogP contribution in [0.3, 0.4) is 0 Å². The lowest BCUT2D eigenvalue weighted by molar-refractivity contribution is -0.214. The van der Waals surface area contributed by atoms with Crippen molar-refractivity contribution in [2.24, 2.45) is 0 Å². The summed E-state index contributed by atoms with van der Waals surface area (Å²) in [5.74, 6) is -1.38. The van der Waals surface area contributed by atoms with Gasteiger partial charge in [-0.2, -0.15) is 0 Å². The molecule has 4 atom stereocenters. The molecule has 1 heterocycles. The Morgan fingerprint density at radius 1 is 1.00 bits per heavy atom. The number of esters is 3. The average Bonchev–Trinajstić information content (AvgIpc) is 2.76. The van der Waals surface area contributed by atoms with Crippen LogP contribution in [0.1, 0.15) is 50.0 Å². The summed E-state index contributed by atoms with van der Waals surface area (Å²) in [6, 6.07) is 12.1. The number of rotatable bonds is 7. The molecule has 1 aliphatic rings. The van der Waals surface area contributed by atoms with Gasteiger partial charge in [-0.15, -0.1) is 0 Å². The fraction of sp³-hybridized carbons (Fsp3) is 0.400. The number of hydrogen-bond acceptors (Lipinski definition) is 8. The number of carbonyl (C=O) groups excluding carboxylic acids is 3. The zero-order valence-corrected chi connectivity index (χ0v) is 19.9. The Labute approximate surface area is 202 Å². The molecular formula is C25H27ClO8. The predicted molar refractivity (Wildman–Crippen MR) is 122 cm³/mol. The van der Waals surface area contributed by atoms with Crippen molar-refractivity contribution in [2.75, 3.05) is 6.61 Å². The molecule has 0 bridgehead atoms. The summed E-state index contributed by atoms with van der Waals surface area (Å²) in [5, 5.41) is 10.1. The standard InChI is InChI=1S/C25H27ClO8/c1-14(27)31-13-21-12-23(32-15(2)28)25(33-16(3)29)24(34-21)18-6-9-22(26)19(11-18)10-17-4-7-20(30)8-5-17/h4-9,11,21,23-25,30H,10,12-13H2,1-3H3/t21-,23-,24-,25+/m0/s1. The van der Waals surface area contributed by atoms with Crippen molar-refractivity contribution in [3.05, 3.63) is 64.2 Å². The molecule has 2 aromatic rings. The lowest BCUT2D eigenvalue weighted by atomic mass is 9.91. The molecule has 1 saturated heterocycles. The van der Waals surface area contributed by atoms with E-state index in [-0.39, 0.29) is 18.8 Å². The third-order valence-corrected chi connectivity index (χ3v) is 5.69. The van der Waals surface area contributed by atoms with Crippen LogP contribution in [0.5, 0.6) is 5.75 Å². The number of aromatic hydroxyl groups is 1. The van der Waals surface area contributed by atoms with Gasteiger partial charge in [0.1, 0.15) is 24.6 Å². The summed E-state index contributed by atoms with van der Waals surface area (Å²) < 4.78 is 22.3. The highest BCUT2D eigenvalue weighted by atomic mass is 35.5. The van der Waals surface area contributed by atoms with E-state index in [1.807, 2.05) is 6.07 Å². The molecule has 1 fully saturated rings. The third kappa shape index (κ3) is 6.95. The second kappa shape index (κ2) is 11.4. The third-order valence-electron chi connectivity index (χ3n) is 5.32. The molecule has 9 heteroatoms. The summed E-state index contributed by atoms with van der Waals surface area (Å²) >= 11 is 6.45. The molecule has 2 aromatic carbocycles. The van der Waals surface area contributed by atoms with E-state index in [2.05, 4.69) is 0 Å². The summed E-state index contributed by atoms with van der Waals surface area (Å²) in [5.41, 5.74) is 2.39. The number of halogens is 1. The van der Waals surface area contributed by atoms with Crippen LogP contribution in [0, 0.1) is 0 Å². The summed E-state index contributed by atoms with van der Waals surface area (Å²) in [6.45, 7) is 3.80. The first-order chi connectivity index (χ1) is 16.1. The molecule has 182 valence electrons. The molecule has 1 aliphatic heterocycles. The summed E-state index contributed by atoms with van der Waals surface area (Å²) in [7, 11) is 0. The second-order valence-corrected chi connectivity index (χ2v) is 8.54. The van der Waals surface area contributed by atoms with E-state index >= 15 is 0 Å². The molecule has 0 spiro atoms. The van der Waals surface area contributed by atoms with E-state index in [0.29, 0.717) is 17.0 Å². The maximum Gasteiger partial charge on any atom is 0.303 e. The fourth-order valence-corrected chi connectivity index (χ4v) is 4.10. The first-order valence-electron chi connectivity index (χ1n) is 10.8. The van der Waals surface area contributed by atoms with Crippen molar-refractivity contribution in [1.29, 1.82) is 0 Å². The fourth-order valence-electron chi connectivity index (χ4n) is 3.91. The highest BCUT2D eigenvalue weighted by Crippen LogP contribution is 2.37. The minimum atomic E-state index is -0.905. The van der Waals surface area contributed by atoms with Gasteiger partial charge in [-0.05, 0) is 41.3 Å². The number of phenols is 1. The van der Waals surface area contributed by atoms with Gasteiger partial charge in [0.25, 0.3) is 0 Å². The van der Waals surface area contributed by atoms with Crippen LogP contribution in [-0.4, -0.2) is 47.9 Å². The van der Waals surface area contributed by atoms with E-state index in [1.54, 1.807) is 36.4 Å². The molecule has 0 amide bonds. The normalized spacial score (nSPS) is 22.0. The van der Waals surface area contributed by atoms with Gasteiger partial charge in [-0.1, -0.05) is 35.9 Å². The van der Waals surface area contributed by atoms with Crippen LogP contribution in [0.25, 0.3) is 0 Å². The van der Waals surface area contributed by atoms with Gasteiger partial charge >= 0.3 is 17.9 Å². The molecule has 3 rings (SSSR count). The molecule has 34 heavy (non-hydrogen) atoms. The first-order valence-corrected chi connectivity index (χ1v) is 11.2. The predicted octanol–water partition coefficient (Wildman–Crippen LogP) is 3.89. The molecule has 0 radical (unpaired) electrons. The van der Waals surface area contributed by atoms with Crippen LogP contribution < -0.4 is 0 Å². The highest BCUT2D eigenvalue weighted by molar-refractivity contribution is 6.31. The van der Waals surface area contributed by atoms with Crippen LogP contribution in [0.2, 0.25) is 5.02 Å². The summed E-state index contributed by atoms with van der Waals surface area (Å²) in [6.07, 6.45) is -2.40. The molecule has 1 N–H and O–H groups in total. The van der Waals surface area contributed by atoms with Gasteiger partial charge in [0.05, 0.1) is 6.10 Å². The molecule has 0 aromatic heterocycles. The van der Waals surface area contributed by atoms with Crippen LogP contribution in [0.15, 0.2) is 42.5 Å². The van der Waals surface area contributed by atoms with Crippen molar-refractivity contribution in [2.45, 2.75) is 58.0 Å². The smallest absolute Gasteiger partial charge is 0.303 e. The zero-order valence-electron chi connectivity index (χ0n) is 19.2. The van der Waals surface area contributed by atoms with E-state index in [1.165, 1.54) is 20.8 Å². The van der Waals surface area contributed by atoms with Gasteiger partial charge in [-0.25, -0.2) is 0 Å². The monoisotopic (exact) mass is 490 g/mol. The number of benzene rings is 2. The van der Waals surface area contributed by atoms with Crippen molar-refractivity contribution in [3.8, 4) is 5.75 Å². The number of carbonyl (C=O) groups is 3. The second-order valence-electron chi connectivity index (χ2n) is 8.13. The maximum atomic E-state index is 11.9. The van der Waals surface area contributed by atoms with Crippen molar-refractivity contribution >= 4 is 29.5 Å². The SMILES string of the molecule is CC(=O)OC[C@@H]1C[C@H](OC(C)=O)[C@@H](OC(C)=O)[C@H](c2ccc(Cl)c(Cc3ccc(O)cc3)c2)O1. The Morgan fingerprint density at radius 3 is 2.29 bits per heavy atom. The highest BCUT2D eigenvalue weighted by Gasteiger charge is 2.44. The first kappa shape index (κ1) is 25.5. The molecule has 0 aliphatic carbocycles. The van der Waals surface area contributed by atoms with E-state index in [9.17, 15) is 19.5 Å². The maximum absolute atomic E-state index is 11.9. The van der Waals surface area contributed by atoms with E-state index < -0.39 is 42.3 Å². The molecular weight excluding hydrogens is 464 g/mol. The molecule has 0 unspecified atom stereocenters. The van der Waals surface area contributed by atoms with Gasteiger partial charge in [0, 0.05) is 32.2 Å². The Balaban J connectivity index is 1.95. The number of phenolic OH excluding ortho intramolecular Hbond substituents is 1. The van der Waals surface area contributed by atoms with Crippen molar-refractivity contribution in [3.63, 3.8) is 0 Å². The Kier molecular flexibility index (Phi) is 8.52. The Hall–Kier alpha value is -3.10. The lowest BCUT2D eigenvalue weighted by Gasteiger charge is -2.40. The average molecular weight is 491 g/mol. The van der Waals surface area contributed by atoms with Gasteiger partial charge in [0.15, 0.2) is 6.10 Å². The van der Waals surface area contributed by atoms with Crippen LogP contribution >= 0.6 is 11.6 Å². The topological polar surface area (TPSA) is 108 Å². The van der Waals surface area contributed by atoms with Crippen molar-refractivity contribution < 1.29 is 38.4 Å². The number of ether oxygens (including phenoxy) is 4. The lowest BCUT2D eigenvalue weighted by Crippen LogP contribution is -2.49. The Morgan fingerprint density at radius 2 is 1.68 bits per heavy atom. The van der Waals surface area contributed by atoms with Gasteiger partial charge in [0.2, 0.25) is 0 Å². The Bertz CT molecular complexity index is 1040. The van der Waals surface area contributed by atoms with Crippen molar-refractivity contribution in [1.82, 2.24) is 0 Å². The van der Waals surface area contributed by atoms with Crippen LogP contribution in [0.4, 0.5) is 0 Å².